The van der Waals surface area contributed by atoms with E-state index >= 15 is 0 Å². The van der Waals surface area contributed by atoms with Crippen molar-refractivity contribution in [3.8, 4) is 11.8 Å². The molecule has 0 N–H and O–H groups in total. The molecule has 3 aliphatic carbocycles. The predicted octanol–water partition coefficient (Wildman–Crippen LogP) is 9.52. The van der Waals surface area contributed by atoms with Gasteiger partial charge in [-0.05, 0) is 66.3 Å². The van der Waals surface area contributed by atoms with Gasteiger partial charge in [0.25, 0.3) is 0 Å². The molecule has 2 bridgehead atoms. The van der Waals surface area contributed by atoms with Crippen LogP contribution in [0.5, 0.6) is 0 Å². The molecule has 3 aromatic rings. The lowest BCUT2D eigenvalue weighted by atomic mass is 9.51. The van der Waals surface area contributed by atoms with Gasteiger partial charge < -0.3 is 0 Å². The fourth-order valence-electron chi connectivity index (χ4n) is 6.18. The van der Waals surface area contributed by atoms with E-state index in [-0.39, 0.29) is 5.92 Å². The van der Waals surface area contributed by atoms with Crippen LogP contribution in [0.15, 0.2) is 84.2 Å². The molecule has 188 valence electrons. The van der Waals surface area contributed by atoms with Crippen LogP contribution >= 0.6 is 84.9 Å². The van der Waals surface area contributed by atoms with E-state index in [1.54, 1.807) is 47.0 Å². The molecule has 0 unspecified atom stereocenters. The molecule has 0 atom stereocenters. The van der Waals surface area contributed by atoms with E-state index in [0.717, 1.165) is 4.91 Å². The second-order valence-electron chi connectivity index (χ2n) is 9.33. The number of allylic oxidation sites excluding steroid dienone is 1. The minimum Gasteiger partial charge on any atom is -0.175 e. The standard InChI is InChI=1S/C31H22S7/c32-14-18-4-1-7-22-25(18)28-26-19(15-33)5-2-8-23(26)31(22,24-9-3-6-20(16-34)27(24)28)11-10-21-17-37-30(38-21)29-35-12-13-36-29/h1-9,12-13,17,28,32-34H,14-16H2. The summed E-state index contributed by atoms with van der Waals surface area (Å²) < 4.78 is 2.67. The molecule has 0 saturated heterocycles. The highest BCUT2D eigenvalue weighted by Gasteiger charge is 2.53. The van der Waals surface area contributed by atoms with Crippen molar-refractivity contribution >= 4 is 84.9 Å². The van der Waals surface area contributed by atoms with Crippen molar-refractivity contribution in [3.05, 3.63) is 134 Å². The fraction of sp³-hybridized carbons (Fsp3) is 0.161. The zero-order valence-electron chi connectivity index (χ0n) is 20.1. The largest absolute Gasteiger partial charge is 0.175 e. The first-order chi connectivity index (χ1) is 18.7. The van der Waals surface area contributed by atoms with Gasteiger partial charge in [0.1, 0.15) is 5.41 Å². The number of benzene rings is 3. The Morgan fingerprint density at radius 1 is 0.658 bits per heavy atom. The number of rotatable bonds is 3. The lowest BCUT2D eigenvalue weighted by Gasteiger charge is -2.50. The van der Waals surface area contributed by atoms with Crippen LogP contribution in [0.3, 0.4) is 0 Å². The molecule has 38 heavy (non-hydrogen) atoms. The van der Waals surface area contributed by atoms with Crippen LogP contribution in [0, 0.1) is 11.8 Å². The summed E-state index contributed by atoms with van der Waals surface area (Å²) in [5.41, 5.74) is 11.3. The van der Waals surface area contributed by atoms with Gasteiger partial charge in [0, 0.05) is 23.2 Å². The van der Waals surface area contributed by atoms with Gasteiger partial charge in [-0.1, -0.05) is 113 Å². The van der Waals surface area contributed by atoms with Gasteiger partial charge in [0.15, 0.2) is 0 Å². The molecule has 0 saturated carbocycles. The van der Waals surface area contributed by atoms with E-state index in [1.807, 2.05) is 0 Å². The molecule has 0 nitrogen and oxygen atoms in total. The first-order valence-electron chi connectivity index (χ1n) is 12.2. The summed E-state index contributed by atoms with van der Waals surface area (Å²) in [7, 11) is 0. The maximum atomic E-state index is 4.78. The summed E-state index contributed by atoms with van der Waals surface area (Å²) in [4.78, 5) is 1.11. The minimum atomic E-state index is -0.563. The second kappa shape index (κ2) is 10.4. The second-order valence-corrected chi connectivity index (χ2v) is 14.6. The van der Waals surface area contributed by atoms with E-state index in [0.29, 0.717) is 17.3 Å². The Morgan fingerprint density at radius 3 is 1.63 bits per heavy atom. The maximum Gasteiger partial charge on any atom is 0.107 e. The van der Waals surface area contributed by atoms with Crippen LogP contribution in [0.1, 0.15) is 56.0 Å². The van der Waals surface area contributed by atoms with Crippen molar-refractivity contribution in [1.29, 1.82) is 0 Å². The molecular weight excluding hydrogens is 597 g/mol. The lowest BCUT2D eigenvalue weighted by molar-refractivity contribution is 0.654. The Balaban J connectivity index is 1.52. The average molecular weight is 619 g/mol. The van der Waals surface area contributed by atoms with Crippen LogP contribution in [-0.2, 0) is 22.7 Å². The van der Waals surface area contributed by atoms with Gasteiger partial charge in [-0.2, -0.15) is 37.9 Å². The van der Waals surface area contributed by atoms with Crippen molar-refractivity contribution in [2.75, 3.05) is 0 Å². The van der Waals surface area contributed by atoms with Crippen LogP contribution in [0.4, 0.5) is 0 Å². The maximum absolute atomic E-state index is 4.78. The fourth-order valence-corrected chi connectivity index (χ4v) is 11.3. The molecule has 5 aliphatic rings. The Labute approximate surface area is 257 Å². The highest BCUT2D eigenvalue weighted by Crippen LogP contribution is 2.61. The number of hydrogen-bond donors (Lipinski definition) is 3. The first kappa shape index (κ1) is 25.8. The zero-order valence-corrected chi connectivity index (χ0v) is 26.1. The van der Waals surface area contributed by atoms with Crippen molar-refractivity contribution in [2.24, 2.45) is 0 Å². The molecule has 0 spiro atoms. The highest BCUT2D eigenvalue weighted by molar-refractivity contribution is 8.33. The molecule has 8 rings (SSSR count). The van der Waals surface area contributed by atoms with Gasteiger partial charge in [-0.25, -0.2) is 0 Å². The van der Waals surface area contributed by atoms with E-state index in [1.165, 1.54) is 58.5 Å². The molecule has 0 radical (unpaired) electrons. The molecule has 0 fully saturated rings. The van der Waals surface area contributed by atoms with Crippen LogP contribution in [0.25, 0.3) is 0 Å². The third-order valence-corrected chi connectivity index (χ3v) is 13.6. The van der Waals surface area contributed by atoms with Crippen molar-refractivity contribution in [1.82, 2.24) is 0 Å². The topological polar surface area (TPSA) is 0 Å². The molecule has 2 aliphatic heterocycles. The number of thiol groups is 3. The molecule has 0 amide bonds. The minimum absolute atomic E-state index is 0.143. The summed E-state index contributed by atoms with van der Waals surface area (Å²) in [6.45, 7) is 0. The van der Waals surface area contributed by atoms with E-state index in [9.17, 15) is 0 Å². The summed E-state index contributed by atoms with van der Waals surface area (Å²) in [5, 5.41) is 6.52. The van der Waals surface area contributed by atoms with Gasteiger partial charge in [0.05, 0.1) is 13.4 Å². The smallest absolute Gasteiger partial charge is 0.107 e. The zero-order chi connectivity index (χ0) is 25.9. The SMILES string of the molecule is SCc1cccc2c1C1c3c(CS)cccc3C2(C#CC2=CSC(=C3SC=CS3)S2)c2cccc(CS)c21. The Kier molecular flexibility index (Phi) is 7.05. The Morgan fingerprint density at radius 2 is 1.16 bits per heavy atom. The monoisotopic (exact) mass is 618 g/mol. The number of thioether (sulfide) groups is 4. The van der Waals surface area contributed by atoms with Gasteiger partial charge in [0.2, 0.25) is 0 Å². The Bertz CT molecular complexity index is 1510. The molecular formula is C31H22S7. The van der Waals surface area contributed by atoms with Gasteiger partial charge in [-0.15, -0.1) is 0 Å². The van der Waals surface area contributed by atoms with Crippen LogP contribution in [-0.4, -0.2) is 0 Å². The quantitative estimate of drug-likeness (QED) is 0.197. The summed E-state index contributed by atoms with van der Waals surface area (Å²) in [6, 6.07) is 20.1. The van der Waals surface area contributed by atoms with E-state index in [2.05, 4.69) is 82.7 Å². The average Bonchev–Trinajstić information content (AvgIpc) is 3.67. The highest BCUT2D eigenvalue weighted by atomic mass is 32.2. The summed E-state index contributed by atoms with van der Waals surface area (Å²) in [6.07, 6.45) is 0. The van der Waals surface area contributed by atoms with Gasteiger partial charge in [-0.3, -0.25) is 0 Å². The van der Waals surface area contributed by atoms with E-state index in [4.69, 9.17) is 37.9 Å². The summed E-state index contributed by atoms with van der Waals surface area (Å²) >= 11 is 21.5. The van der Waals surface area contributed by atoms with Crippen molar-refractivity contribution in [2.45, 2.75) is 28.6 Å². The third kappa shape index (κ3) is 3.79. The third-order valence-electron chi connectivity index (χ3n) is 7.60. The number of hydrogen-bond acceptors (Lipinski definition) is 7. The molecule has 2 heterocycles. The Hall–Kier alpha value is -1.11. The van der Waals surface area contributed by atoms with Gasteiger partial charge >= 0.3 is 0 Å². The first-order valence-corrected chi connectivity index (χ1v) is 17.6. The predicted molar refractivity (Wildman–Crippen MR) is 181 cm³/mol. The lowest BCUT2D eigenvalue weighted by Crippen LogP contribution is -2.43. The normalized spacial score (nSPS) is 22.1. The summed E-state index contributed by atoms with van der Waals surface area (Å²) in [5.74, 6) is 9.82. The van der Waals surface area contributed by atoms with Crippen molar-refractivity contribution < 1.29 is 0 Å². The van der Waals surface area contributed by atoms with E-state index < -0.39 is 5.41 Å². The van der Waals surface area contributed by atoms with Crippen LogP contribution < -0.4 is 0 Å². The molecule has 0 aromatic heterocycles. The van der Waals surface area contributed by atoms with Crippen LogP contribution in [0.2, 0.25) is 0 Å². The molecule has 3 aromatic carbocycles. The molecule has 7 heteroatoms. The van der Waals surface area contributed by atoms with Crippen molar-refractivity contribution in [3.63, 3.8) is 0 Å².